The van der Waals surface area contributed by atoms with E-state index in [1.807, 2.05) is 6.92 Å². The first-order valence-corrected chi connectivity index (χ1v) is 7.44. The van der Waals surface area contributed by atoms with E-state index in [2.05, 4.69) is 9.64 Å². The molecule has 22 heavy (non-hydrogen) atoms. The highest BCUT2D eigenvalue weighted by atomic mass is 19.3. The summed E-state index contributed by atoms with van der Waals surface area (Å²) in [5.41, 5.74) is 0. The van der Waals surface area contributed by atoms with E-state index in [1.54, 1.807) is 17.0 Å². The number of carbonyl (C=O) groups is 1. The minimum absolute atomic E-state index is 0.00935. The zero-order chi connectivity index (χ0) is 16.1. The summed E-state index contributed by atoms with van der Waals surface area (Å²) in [6.45, 7) is 4.62. The molecule has 1 fully saturated rings. The zero-order valence-corrected chi connectivity index (χ0v) is 12.9. The van der Waals surface area contributed by atoms with Crippen molar-refractivity contribution < 1.29 is 22.7 Å². The van der Waals surface area contributed by atoms with Crippen molar-refractivity contribution in [3.63, 3.8) is 0 Å². The van der Waals surface area contributed by atoms with Gasteiger partial charge in [0, 0.05) is 19.6 Å². The molecule has 124 valence electrons. The maximum atomic E-state index is 12.5. The molecule has 0 amide bonds. The molecular formula is C15H22F2N2O3. The predicted octanol–water partition coefficient (Wildman–Crippen LogP) is 2.40. The Labute approximate surface area is 128 Å². The fourth-order valence-electron chi connectivity index (χ4n) is 2.72. The van der Waals surface area contributed by atoms with E-state index in [0.29, 0.717) is 25.4 Å². The molecule has 0 spiro atoms. The van der Waals surface area contributed by atoms with Gasteiger partial charge in [-0.1, -0.05) is 0 Å². The molecule has 5 nitrogen and oxygen atoms in total. The number of hydrogen-bond donors (Lipinski definition) is 0. The molecule has 1 aromatic heterocycles. The summed E-state index contributed by atoms with van der Waals surface area (Å²) in [5, 5.41) is 0. The van der Waals surface area contributed by atoms with Crippen LogP contribution in [0.25, 0.3) is 0 Å². The Kier molecular flexibility index (Phi) is 5.90. The second-order valence-corrected chi connectivity index (χ2v) is 5.45. The number of esters is 1. The van der Waals surface area contributed by atoms with Crippen molar-refractivity contribution in [1.29, 1.82) is 0 Å². The smallest absolute Gasteiger partial charge is 0.373 e. The van der Waals surface area contributed by atoms with E-state index in [-0.39, 0.29) is 18.3 Å². The molecule has 0 saturated carbocycles. The van der Waals surface area contributed by atoms with Crippen LogP contribution in [0, 0.1) is 0 Å². The molecule has 0 bridgehead atoms. The van der Waals surface area contributed by atoms with Gasteiger partial charge in [-0.05, 0) is 32.0 Å². The Morgan fingerprint density at radius 1 is 1.32 bits per heavy atom. The van der Waals surface area contributed by atoms with Gasteiger partial charge in [-0.2, -0.15) is 0 Å². The SMILES string of the molecule is COC(=O)c1ccc([C@@H](C)N2CCCN(CC(F)F)CC2)o1. The number of halogens is 2. The maximum absolute atomic E-state index is 12.5. The van der Waals surface area contributed by atoms with Crippen LogP contribution in [0.15, 0.2) is 16.5 Å². The lowest BCUT2D eigenvalue weighted by atomic mass is 10.2. The molecule has 0 aromatic carbocycles. The van der Waals surface area contributed by atoms with Crippen LogP contribution < -0.4 is 0 Å². The molecule has 1 aliphatic heterocycles. The third kappa shape index (κ3) is 4.27. The first kappa shape index (κ1) is 16.9. The van der Waals surface area contributed by atoms with Crippen LogP contribution >= 0.6 is 0 Å². The largest absolute Gasteiger partial charge is 0.463 e. The Bertz CT molecular complexity index is 493. The summed E-state index contributed by atoms with van der Waals surface area (Å²) in [6, 6.07) is 3.35. The van der Waals surface area contributed by atoms with Crippen molar-refractivity contribution in [3.8, 4) is 0 Å². The Morgan fingerprint density at radius 3 is 2.77 bits per heavy atom. The van der Waals surface area contributed by atoms with E-state index in [0.717, 1.165) is 13.0 Å². The van der Waals surface area contributed by atoms with Crippen molar-refractivity contribution in [3.05, 3.63) is 23.7 Å². The summed E-state index contributed by atoms with van der Waals surface area (Å²) in [6.07, 6.45) is -1.46. The number of hydrogen-bond acceptors (Lipinski definition) is 5. The standard InChI is InChI=1S/C15H22F2N2O3/c1-11(12-4-5-13(22-12)15(20)21-2)19-7-3-6-18(8-9-19)10-14(16)17/h4-5,11,14H,3,6-10H2,1-2H3/t11-/m1/s1. The lowest BCUT2D eigenvalue weighted by molar-refractivity contribution is 0.0559. The normalized spacial score (nSPS) is 19.1. The number of rotatable bonds is 5. The average Bonchev–Trinajstić information content (AvgIpc) is 2.87. The van der Waals surface area contributed by atoms with E-state index >= 15 is 0 Å². The molecule has 2 rings (SSSR count). The van der Waals surface area contributed by atoms with Gasteiger partial charge in [0.15, 0.2) is 0 Å². The monoisotopic (exact) mass is 316 g/mol. The van der Waals surface area contributed by atoms with Gasteiger partial charge in [-0.3, -0.25) is 9.80 Å². The molecule has 2 heterocycles. The topological polar surface area (TPSA) is 45.9 Å². The summed E-state index contributed by atoms with van der Waals surface area (Å²) < 4.78 is 35.1. The van der Waals surface area contributed by atoms with E-state index < -0.39 is 12.4 Å². The van der Waals surface area contributed by atoms with Crippen molar-refractivity contribution in [1.82, 2.24) is 9.80 Å². The van der Waals surface area contributed by atoms with Crippen molar-refractivity contribution in [2.45, 2.75) is 25.8 Å². The van der Waals surface area contributed by atoms with Crippen LogP contribution in [0.4, 0.5) is 8.78 Å². The van der Waals surface area contributed by atoms with Crippen LogP contribution in [-0.2, 0) is 4.74 Å². The molecule has 7 heteroatoms. The number of ether oxygens (including phenoxy) is 1. The van der Waals surface area contributed by atoms with E-state index in [1.165, 1.54) is 7.11 Å². The second-order valence-electron chi connectivity index (χ2n) is 5.45. The number of nitrogens with zero attached hydrogens (tertiary/aromatic N) is 2. The van der Waals surface area contributed by atoms with Gasteiger partial charge in [0.1, 0.15) is 5.76 Å². The first-order chi connectivity index (χ1) is 10.5. The summed E-state index contributed by atoms with van der Waals surface area (Å²) >= 11 is 0. The number of carbonyl (C=O) groups excluding carboxylic acids is 1. The van der Waals surface area contributed by atoms with Gasteiger partial charge in [-0.15, -0.1) is 0 Å². The minimum Gasteiger partial charge on any atom is -0.463 e. The minimum atomic E-state index is -2.29. The summed E-state index contributed by atoms with van der Waals surface area (Å²) in [7, 11) is 1.31. The van der Waals surface area contributed by atoms with E-state index in [4.69, 9.17) is 4.42 Å². The van der Waals surface area contributed by atoms with Gasteiger partial charge >= 0.3 is 5.97 Å². The van der Waals surface area contributed by atoms with Gasteiger partial charge in [0.05, 0.1) is 19.7 Å². The Balaban J connectivity index is 1.96. The predicted molar refractivity (Wildman–Crippen MR) is 77.1 cm³/mol. The average molecular weight is 316 g/mol. The van der Waals surface area contributed by atoms with Crippen LogP contribution in [-0.4, -0.2) is 62.0 Å². The van der Waals surface area contributed by atoms with Crippen molar-refractivity contribution in [2.24, 2.45) is 0 Å². The number of alkyl halides is 2. The second kappa shape index (κ2) is 7.69. The third-order valence-electron chi connectivity index (χ3n) is 3.99. The van der Waals surface area contributed by atoms with E-state index in [9.17, 15) is 13.6 Å². The van der Waals surface area contributed by atoms with Gasteiger partial charge in [-0.25, -0.2) is 13.6 Å². The summed E-state index contributed by atoms with van der Waals surface area (Å²) in [4.78, 5) is 15.4. The fraction of sp³-hybridized carbons (Fsp3) is 0.667. The van der Waals surface area contributed by atoms with Crippen molar-refractivity contribution >= 4 is 5.97 Å². The lowest BCUT2D eigenvalue weighted by Crippen LogP contribution is -2.34. The highest BCUT2D eigenvalue weighted by Crippen LogP contribution is 2.24. The zero-order valence-electron chi connectivity index (χ0n) is 12.9. The number of furan rings is 1. The molecule has 1 saturated heterocycles. The lowest BCUT2D eigenvalue weighted by Gasteiger charge is -2.26. The summed E-state index contributed by atoms with van der Waals surface area (Å²) in [5.74, 6) is 0.360. The molecule has 1 aliphatic rings. The highest BCUT2D eigenvalue weighted by Gasteiger charge is 2.24. The molecule has 0 radical (unpaired) electrons. The number of methoxy groups -OCH3 is 1. The molecule has 1 aromatic rings. The molecule has 0 unspecified atom stereocenters. The first-order valence-electron chi connectivity index (χ1n) is 7.44. The molecule has 0 N–H and O–H groups in total. The van der Waals surface area contributed by atoms with Gasteiger partial charge in [0.2, 0.25) is 5.76 Å². The highest BCUT2D eigenvalue weighted by molar-refractivity contribution is 5.86. The van der Waals surface area contributed by atoms with Crippen molar-refractivity contribution in [2.75, 3.05) is 39.8 Å². The van der Waals surface area contributed by atoms with Crippen LogP contribution in [0.5, 0.6) is 0 Å². The quantitative estimate of drug-likeness (QED) is 0.781. The Hall–Kier alpha value is -1.47. The molecule has 0 aliphatic carbocycles. The third-order valence-corrected chi connectivity index (χ3v) is 3.99. The van der Waals surface area contributed by atoms with Crippen LogP contribution in [0.2, 0.25) is 0 Å². The molecular weight excluding hydrogens is 294 g/mol. The van der Waals surface area contributed by atoms with Crippen LogP contribution in [0.1, 0.15) is 35.7 Å². The van der Waals surface area contributed by atoms with Gasteiger partial charge < -0.3 is 9.15 Å². The van der Waals surface area contributed by atoms with Gasteiger partial charge in [0.25, 0.3) is 6.43 Å². The fourth-order valence-corrected chi connectivity index (χ4v) is 2.72. The maximum Gasteiger partial charge on any atom is 0.373 e. The Morgan fingerprint density at radius 2 is 2.09 bits per heavy atom. The van der Waals surface area contributed by atoms with Crippen LogP contribution in [0.3, 0.4) is 0 Å². The molecule has 1 atom stereocenters.